The molecule has 0 atom stereocenters. The highest BCUT2D eigenvalue weighted by Gasteiger charge is 2.51. The molecule has 0 aromatic heterocycles. The van der Waals surface area contributed by atoms with Crippen LogP contribution in [0.15, 0.2) is 77.7 Å². The van der Waals surface area contributed by atoms with Crippen LogP contribution in [-0.2, 0) is 36.4 Å². The van der Waals surface area contributed by atoms with Gasteiger partial charge in [-0.25, -0.2) is 16.8 Å². The lowest BCUT2D eigenvalue weighted by atomic mass is 9.48. The molecular weight excluding hydrogens is 627 g/mol. The number of benzene rings is 3. The Morgan fingerprint density at radius 1 is 0.844 bits per heavy atom. The van der Waals surface area contributed by atoms with E-state index < -0.39 is 44.2 Å². The Morgan fingerprint density at radius 2 is 1.42 bits per heavy atom. The quantitative estimate of drug-likeness (QED) is 0.277. The van der Waals surface area contributed by atoms with Crippen LogP contribution in [0.5, 0.6) is 0 Å². The van der Waals surface area contributed by atoms with Gasteiger partial charge < -0.3 is 5.32 Å². The second-order valence-corrected chi connectivity index (χ2v) is 16.4. The van der Waals surface area contributed by atoms with E-state index in [4.69, 9.17) is 0 Å². The summed E-state index contributed by atoms with van der Waals surface area (Å²) in [6, 6.07) is 16.3. The Bertz CT molecular complexity index is 1770. The summed E-state index contributed by atoms with van der Waals surface area (Å²) >= 11 is 0. The van der Waals surface area contributed by atoms with Gasteiger partial charge in [-0.1, -0.05) is 18.2 Å². The van der Waals surface area contributed by atoms with Gasteiger partial charge >= 0.3 is 6.18 Å². The Hall–Kier alpha value is -3.58. The van der Waals surface area contributed by atoms with E-state index in [1.807, 2.05) is 12.1 Å². The fraction of sp³-hybridized carbons (Fsp3) is 0.406. The second-order valence-electron chi connectivity index (χ2n) is 12.8. The first kappa shape index (κ1) is 31.4. The number of alkyl halides is 3. The molecular formula is C32H34F3N3O5S2. The molecule has 7 rings (SSSR count). The molecule has 0 unspecified atom stereocenters. The first-order chi connectivity index (χ1) is 21.1. The van der Waals surface area contributed by atoms with Crippen LogP contribution < -0.4 is 14.3 Å². The zero-order valence-corrected chi connectivity index (χ0v) is 26.2. The van der Waals surface area contributed by atoms with Crippen molar-refractivity contribution < 1.29 is 34.8 Å². The third-order valence-corrected chi connectivity index (χ3v) is 11.9. The van der Waals surface area contributed by atoms with Gasteiger partial charge in [0.1, 0.15) is 6.54 Å². The van der Waals surface area contributed by atoms with Gasteiger partial charge in [-0.15, -0.1) is 0 Å². The molecule has 4 aliphatic rings. The smallest absolute Gasteiger partial charge is 0.325 e. The summed E-state index contributed by atoms with van der Waals surface area (Å²) in [7, 11) is -8.05. The zero-order chi connectivity index (χ0) is 32.2. The van der Waals surface area contributed by atoms with Crippen LogP contribution in [0, 0.1) is 17.8 Å². The molecule has 1 amide bonds. The molecule has 3 aromatic rings. The van der Waals surface area contributed by atoms with Crippen LogP contribution in [0.25, 0.3) is 0 Å². The maximum absolute atomic E-state index is 13.0. The molecule has 4 fully saturated rings. The van der Waals surface area contributed by atoms with E-state index in [-0.39, 0.29) is 21.7 Å². The Balaban J connectivity index is 1.12. The minimum absolute atomic E-state index is 0.156. The normalized spacial score (nSPS) is 24.3. The molecule has 2 N–H and O–H groups in total. The van der Waals surface area contributed by atoms with Gasteiger partial charge in [-0.05, 0) is 122 Å². The van der Waals surface area contributed by atoms with Gasteiger partial charge in [-0.2, -0.15) is 13.2 Å². The second kappa shape index (κ2) is 11.3. The zero-order valence-electron chi connectivity index (χ0n) is 24.5. The van der Waals surface area contributed by atoms with Gasteiger partial charge in [-0.3, -0.25) is 13.8 Å². The minimum Gasteiger partial charge on any atom is -0.325 e. The third-order valence-electron chi connectivity index (χ3n) is 9.38. The Morgan fingerprint density at radius 3 is 1.96 bits per heavy atom. The molecule has 240 valence electrons. The molecule has 0 aliphatic heterocycles. The van der Waals surface area contributed by atoms with E-state index >= 15 is 0 Å². The van der Waals surface area contributed by atoms with Crippen LogP contribution in [0.3, 0.4) is 0 Å². The molecule has 45 heavy (non-hydrogen) atoms. The predicted octanol–water partition coefficient (Wildman–Crippen LogP) is 6.38. The largest absolute Gasteiger partial charge is 0.416 e. The predicted molar refractivity (Wildman–Crippen MR) is 166 cm³/mol. The molecule has 13 heteroatoms. The van der Waals surface area contributed by atoms with Crippen molar-refractivity contribution in [2.45, 2.75) is 55.0 Å². The number of hydrogen-bond acceptors (Lipinski definition) is 5. The average molecular weight is 662 g/mol. The maximum atomic E-state index is 13.0. The summed E-state index contributed by atoms with van der Waals surface area (Å²) in [5.74, 6) is 1.68. The number of rotatable bonds is 9. The monoisotopic (exact) mass is 661 g/mol. The molecule has 0 heterocycles. The van der Waals surface area contributed by atoms with Crippen molar-refractivity contribution in [1.82, 2.24) is 0 Å². The van der Waals surface area contributed by atoms with Crippen molar-refractivity contribution in [2.24, 2.45) is 17.8 Å². The molecule has 4 aliphatic carbocycles. The molecule has 4 saturated carbocycles. The molecule has 0 spiro atoms. The molecule has 8 nitrogen and oxygen atoms in total. The highest BCUT2D eigenvalue weighted by Crippen LogP contribution is 2.60. The van der Waals surface area contributed by atoms with Crippen molar-refractivity contribution >= 4 is 43.0 Å². The number of anilines is 3. The van der Waals surface area contributed by atoms with Crippen molar-refractivity contribution in [3.63, 3.8) is 0 Å². The SMILES string of the molecule is CS(=O)(=O)N(CC(=O)Nc1ccc(S(=O)(=O)Nc2cccc(C(F)(F)F)c2)cc1)c1ccc(C23CC4CC(CC(C4)C2)C3)cc1. The van der Waals surface area contributed by atoms with E-state index in [1.165, 1.54) is 74.4 Å². The topological polar surface area (TPSA) is 113 Å². The number of amides is 1. The van der Waals surface area contributed by atoms with E-state index in [0.717, 1.165) is 40.4 Å². The highest BCUT2D eigenvalue weighted by atomic mass is 32.2. The number of carbonyl (C=O) groups is 1. The van der Waals surface area contributed by atoms with Crippen LogP contribution in [0.2, 0.25) is 0 Å². The summed E-state index contributed by atoms with van der Waals surface area (Å²) in [6.07, 6.45) is 3.90. The number of hydrogen-bond donors (Lipinski definition) is 2. The molecule has 0 radical (unpaired) electrons. The van der Waals surface area contributed by atoms with Crippen LogP contribution in [-0.4, -0.2) is 35.5 Å². The third kappa shape index (κ3) is 6.69. The number of sulfonamides is 2. The molecule has 3 aromatic carbocycles. The average Bonchev–Trinajstić information content (AvgIpc) is 2.94. The van der Waals surface area contributed by atoms with Gasteiger partial charge in [0.25, 0.3) is 10.0 Å². The van der Waals surface area contributed by atoms with Crippen LogP contribution in [0.4, 0.5) is 30.2 Å². The van der Waals surface area contributed by atoms with Crippen molar-refractivity contribution in [1.29, 1.82) is 0 Å². The standard InChI is InChI=1S/C32H34F3N3O5S2/c1-44(40,41)38(28-9-5-24(6-10-28)31-17-21-13-22(18-31)15-23(14-21)19-31)20-30(39)36-26-7-11-29(12-8-26)45(42,43)37-27-4-2-3-25(16-27)32(33,34)35/h2-12,16,21-23,37H,13-15,17-20H2,1H3,(H,36,39). The van der Waals surface area contributed by atoms with Gasteiger partial charge in [0.05, 0.1) is 22.4 Å². The lowest BCUT2D eigenvalue weighted by Gasteiger charge is -2.57. The van der Waals surface area contributed by atoms with Crippen molar-refractivity contribution in [2.75, 3.05) is 27.1 Å². The molecule has 4 bridgehead atoms. The first-order valence-corrected chi connectivity index (χ1v) is 18.1. The first-order valence-electron chi connectivity index (χ1n) is 14.8. The van der Waals surface area contributed by atoms with Gasteiger partial charge in [0.15, 0.2) is 0 Å². The van der Waals surface area contributed by atoms with Crippen LogP contribution >= 0.6 is 0 Å². The lowest BCUT2D eigenvalue weighted by molar-refractivity contribution is -0.137. The number of nitrogens with zero attached hydrogens (tertiary/aromatic N) is 1. The summed E-state index contributed by atoms with van der Waals surface area (Å²) < 4.78 is 93.1. The van der Waals surface area contributed by atoms with Crippen molar-refractivity contribution in [3.8, 4) is 0 Å². The maximum Gasteiger partial charge on any atom is 0.416 e. The molecule has 0 saturated heterocycles. The van der Waals surface area contributed by atoms with E-state index in [0.29, 0.717) is 11.8 Å². The van der Waals surface area contributed by atoms with Crippen LogP contribution in [0.1, 0.15) is 49.7 Å². The number of carbonyl (C=O) groups excluding carboxylic acids is 1. The summed E-state index contributed by atoms with van der Waals surface area (Å²) in [5, 5.41) is 2.58. The Labute approximate surface area is 261 Å². The minimum atomic E-state index is -4.63. The fourth-order valence-corrected chi connectivity index (χ4v) is 9.77. The summed E-state index contributed by atoms with van der Waals surface area (Å²) in [6.45, 7) is -0.493. The van der Waals surface area contributed by atoms with E-state index in [9.17, 15) is 34.8 Å². The van der Waals surface area contributed by atoms with E-state index in [1.54, 1.807) is 12.1 Å². The number of nitrogens with one attached hydrogen (secondary N) is 2. The lowest BCUT2D eigenvalue weighted by Crippen LogP contribution is -2.48. The summed E-state index contributed by atoms with van der Waals surface area (Å²) in [5.41, 5.74) is 0.729. The highest BCUT2D eigenvalue weighted by molar-refractivity contribution is 7.92. The van der Waals surface area contributed by atoms with Gasteiger partial charge in [0, 0.05) is 11.4 Å². The Kier molecular flexibility index (Phi) is 7.91. The van der Waals surface area contributed by atoms with E-state index in [2.05, 4.69) is 10.0 Å². The number of halogens is 3. The van der Waals surface area contributed by atoms with Gasteiger partial charge in [0.2, 0.25) is 15.9 Å². The summed E-state index contributed by atoms with van der Waals surface area (Å²) in [4.78, 5) is 12.7. The van der Waals surface area contributed by atoms with Crippen molar-refractivity contribution in [3.05, 3.63) is 83.9 Å². The fourth-order valence-electron chi connectivity index (χ4n) is 7.87.